The third-order valence-electron chi connectivity index (χ3n) is 6.22. The summed E-state index contributed by atoms with van der Waals surface area (Å²) in [6, 6.07) is 9.53. The lowest BCUT2D eigenvalue weighted by Crippen LogP contribution is -2.40. The molecule has 6 nitrogen and oxygen atoms in total. The van der Waals surface area contributed by atoms with Gasteiger partial charge in [0, 0.05) is 30.4 Å². The number of benzene rings is 2. The number of nitrogens with one attached hydrogen (secondary N) is 1. The first kappa shape index (κ1) is 23.4. The fourth-order valence-corrected chi connectivity index (χ4v) is 6.73. The minimum Gasteiger partial charge on any atom is -0.324 e. The van der Waals surface area contributed by atoms with Gasteiger partial charge in [-0.15, -0.1) is 0 Å². The molecule has 0 aliphatic carbocycles. The number of aryl methyl sites for hydroxylation is 1. The van der Waals surface area contributed by atoms with E-state index >= 15 is 0 Å². The molecule has 1 aromatic heterocycles. The van der Waals surface area contributed by atoms with Crippen LogP contribution < -0.4 is 10.2 Å². The van der Waals surface area contributed by atoms with Crippen molar-refractivity contribution in [1.82, 2.24) is 14.9 Å². The van der Waals surface area contributed by atoms with Gasteiger partial charge < -0.3 is 10.2 Å². The third kappa shape index (κ3) is 4.15. The van der Waals surface area contributed by atoms with Crippen LogP contribution in [-0.4, -0.2) is 40.2 Å². The van der Waals surface area contributed by atoms with Gasteiger partial charge in [0.25, 0.3) is 5.91 Å². The van der Waals surface area contributed by atoms with Gasteiger partial charge in [0.05, 0.1) is 27.2 Å². The number of anilines is 3. The highest BCUT2D eigenvalue weighted by atomic mass is 35.5. The van der Waals surface area contributed by atoms with Crippen LogP contribution in [0.3, 0.4) is 0 Å². The maximum Gasteiger partial charge on any atom is 0.263 e. The third-order valence-corrected chi connectivity index (χ3v) is 7.80. The molecular weight excluding hydrogens is 489 g/mol. The molecule has 0 unspecified atom stereocenters. The normalized spacial score (nSPS) is 17.4. The van der Waals surface area contributed by atoms with E-state index in [1.807, 2.05) is 0 Å². The number of para-hydroxylation sites is 1. The molecule has 176 valence electrons. The standard InChI is InChI=1S/C25H25Cl2N5OS/c1-14-8-16(9-15-11-31(4)12-25(2,3)20(14)15)29-24-28-10-17-22(30-24)34-13-32(23(17)33)21-18(26)6-5-7-19(21)27/h5-10H,11-13H2,1-4H3,(H,28,29,30). The number of carbonyl (C=O) groups is 1. The molecule has 0 atom stereocenters. The summed E-state index contributed by atoms with van der Waals surface area (Å²) in [6.07, 6.45) is 1.57. The fraction of sp³-hybridized carbons (Fsp3) is 0.320. The smallest absolute Gasteiger partial charge is 0.263 e. The maximum absolute atomic E-state index is 13.2. The fourth-order valence-electron chi connectivity index (χ4n) is 5.18. The van der Waals surface area contributed by atoms with Crippen LogP contribution in [0.5, 0.6) is 0 Å². The number of rotatable bonds is 3. The predicted molar refractivity (Wildman–Crippen MR) is 140 cm³/mol. The van der Waals surface area contributed by atoms with E-state index < -0.39 is 0 Å². The Labute approximate surface area is 213 Å². The first-order chi connectivity index (χ1) is 16.1. The summed E-state index contributed by atoms with van der Waals surface area (Å²) in [6.45, 7) is 8.69. The van der Waals surface area contributed by atoms with Crippen molar-refractivity contribution in [2.24, 2.45) is 0 Å². The van der Waals surface area contributed by atoms with Gasteiger partial charge in [0.15, 0.2) is 0 Å². The number of hydrogen-bond donors (Lipinski definition) is 1. The highest BCUT2D eigenvalue weighted by Crippen LogP contribution is 2.40. The summed E-state index contributed by atoms with van der Waals surface area (Å²) in [7, 11) is 2.15. The van der Waals surface area contributed by atoms with Crippen molar-refractivity contribution >= 4 is 58.2 Å². The number of carbonyl (C=O) groups excluding carboxylic acids is 1. The average molecular weight is 514 g/mol. The van der Waals surface area contributed by atoms with Crippen LogP contribution in [-0.2, 0) is 12.0 Å². The molecule has 2 aliphatic rings. The molecule has 0 spiro atoms. The molecule has 1 N–H and O–H groups in total. The van der Waals surface area contributed by atoms with Gasteiger partial charge in [-0.3, -0.25) is 9.69 Å². The predicted octanol–water partition coefficient (Wildman–Crippen LogP) is 6.27. The van der Waals surface area contributed by atoms with E-state index in [-0.39, 0.29) is 11.3 Å². The van der Waals surface area contributed by atoms with E-state index in [4.69, 9.17) is 23.2 Å². The van der Waals surface area contributed by atoms with Crippen molar-refractivity contribution in [2.75, 3.05) is 29.7 Å². The molecule has 5 rings (SSSR count). The number of halogens is 2. The van der Waals surface area contributed by atoms with Gasteiger partial charge >= 0.3 is 0 Å². The first-order valence-electron chi connectivity index (χ1n) is 11.0. The van der Waals surface area contributed by atoms with Crippen LogP contribution in [0.4, 0.5) is 17.3 Å². The lowest BCUT2D eigenvalue weighted by molar-refractivity contribution is 0.0985. The number of thioether (sulfide) groups is 1. The van der Waals surface area contributed by atoms with Crippen molar-refractivity contribution in [3.05, 3.63) is 68.8 Å². The molecule has 0 fully saturated rings. The highest BCUT2D eigenvalue weighted by molar-refractivity contribution is 7.99. The van der Waals surface area contributed by atoms with Gasteiger partial charge in [-0.2, -0.15) is 0 Å². The molecule has 3 heterocycles. The van der Waals surface area contributed by atoms with Crippen LogP contribution in [0.1, 0.15) is 40.9 Å². The Balaban J connectivity index is 1.42. The Morgan fingerprint density at radius 2 is 1.91 bits per heavy atom. The Hall–Kier alpha value is -2.32. The molecule has 0 bridgehead atoms. The second-order valence-electron chi connectivity index (χ2n) is 9.50. The Morgan fingerprint density at radius 1 is 1.18 bits per heavy atom. The van der Waals surface area contributed by atoms with Crippen molar-refractivity contribution in [2.45, 2.75) is 37.8 Å². The number of likely N-dealkylation sites (N-methyl/N-ethyl adjacent to an activating group) is 1. The van der Waals surface area contributed by atoms with Crippen LogP contribution in [0.15, 0.2) is 41.6 Å². The van der Waals surface area contributed by atoms with Crippen molar-refractivity contribution in [3.63, 3.8) is 0 Å². The molecule has 0 radical (unpaired) electrons. The molecule has 1 amide bonds. The van der Waals surface area contributed by atoms with Gasteiger partial charge in [-0.05, 0) is 54.9 Å². The van der Waals surface area contributed by atoms with Crippen molar-refractivity contribution in [1.29, 1.82) is 0 Å². The molecule has 2 aliphatic heterocycles. The first-order valence-corrected chi connectivity index (χ1v) is 12.7. The average Bonchev–Trinajstić information content (AvgIpc) is 2.73. The van der Waals surface area contributed by atoms with Gasteiger partial charge in [0.1, 0.15) is 5.03 Å². The molecular formula is C25H25Cl2N5OS. The van der Waals surface area contributed by atoms with Crippen molar-refractivity contribution in [3.8, 4) is 0 Å². The second-order valence-corrected chi connectivity index (χ2v) is 11.2. The molecule has 34 heavy (non-hydrogen) atoms. The maximum atomic E-state index is 13.2. The highest BCUT2D eigenvalue weighted by Gasteiger charge is 2.33. The van der Waals surface area contributed by atoms with Gasteiger partial charge in [-0.25, -0.2) is 9.97 Å². The van der Waals surface area contributed by atoms with Crippen LogP contribution in [0, 0.1) is 6.92 Å². The van der Waals surface area contributed by atoms with E-state index in [9.17, 15) is 4.79 Å². The lowest BCUT2D eigenvalue weighted by Gasteiger charge is -2.39. The molecule has 0 saturated heterocycles. The second kappa shape index (κ2) is 8.72. The SMILES string of the molecule is Cc1cc(Nc2ncc3c(n2)SCN(c2c(Cl)cccc2Cl)C3=O)cc2c1C(C)(C)CN(C)C2. The number of amides is 1. The Morgan fingerprint density at radius 3 is 2.65 bits per heavy atom. The largest absolute Gasteiger partial charge is 0.324 e. The number of aromatic nitrogens is 2. The lowest BCUT2D eigenvalue weighted by atomic mass is 9.76. The quantitative estimate of drug-likeness (QED) is 0.416. The van der Waals surface area contributed by atoms with E-state index in [1.54, 1.807) is 29.3 Å². The van der Waals surface area contributed by atoms with Crippen LogP contribution in [0.25, 0.3) is 0 Å². The minimum atomic E-state index is -0.217. The molecule has 9 heteroatoms. The summed E-state index contributed by atoms with van der Waals surface area (Å²) >= 11 is 14.1. The van der Waals surface area contributed by atoms with E-state index in [0.717, 1.165) is 18.8 Å². The topological polar surface area (TPSA) is 61.4 Å². The number of fused-ring (bicyclic) bond motifs is 2. The summed E-state index contributed by atoms with van der Waals surface area (Å²) in [5.41, 5.74) is 5.97. The summed E-state index contributed by atoms with van der Waals surface area (Å²) in [5.74, 6) is 0.613. The Kier molecular flexibility index (Phi) is 6.01. The summed E-state index contributed by atoms with van der Waals surface area (Å²) in [4.78, 5) is 26.2. The monoisotopic (exact) mass is 513 g/mol. The van der Waals surface area contributed by atoms with Crippen molar-refractivity contribution < 1.29 is 4.79 Å². The van der Waals surface area contributed by atoms with E-state index in [1.165, 1.54) is 28.5 Å². The van der Waals surface area contributed by atoms with Crippen LogP contribution in [0.2, 0.25) is 10.0 Å². The Bertz CT molecular complexity index is 1290. The number of nitrogens with zero attached hydrogens (tertiary/aromatic N) is 4. The van der Waals surface area contributed by atoms with Crippen LogP contribution >= 0.6 is 35.0 Å². The molecule has 3 aromatic rings. The number of hydrogen-bond acceptors (Lipinski definition) is 6. The zero-order valence-corrected chi connectivity index (χ0v) is 21.8. The van der Waals surface area contributed by atoms with E-state index in [0.29, 0.717) is 38.1 Å². The minimum absolute atomic E-state index is 0.0979. The van der Waals surface area contributed by atoms with Gasteiger partial charge in [0.2, 0.25) is 5.95 Å². The summed E-state index contributed by atoms with van der Waals surface area (Å²) in [5, 5.41) is 4.84. The zero-order chi connectivity index (χ0) is 24.2. The van der Waals surface area contributed by atoms with Gasteiger partial charge in [-0.1, -0.05) is 54.9 Å². The summed E-state index contributed by atoms with van der Waals surface area (Å²) < 4.78 is 0. The van der Waals surface area contributed by atoms with E-state index in [2.05, 4.69) is 60.1 Å². The molecule has 2 aromatic carbocycles. The molecule has 0 saturated carbocycles. The zero-order valence-electron chi connectivity index (χ0n) is 19.4.